The van der Waals surface area contributed by atoms with Crippen LogP contribution >= 0.6 is 22.9 Å². The maximum Gasteiger partial charge on any atom is 0.224 e. The van der Waals surface area contributed by atoms with Gasteiger partial charge in [0.1, 0.15) is 0 Å². The highest BCUT2D eigenvalue weighted by atomic mass is 35.5. The minimum atomic E-state index is -0.0382. The summed E-state index contributed by atoms with van der Waals surface area (Å²) in [5.41, 5.74) is 5.99. The fourth-order valence-corrected chi connectivity index (χ4v) is 3.51. The maximum atomic E-state index is 12.2. The lowest BCUT2D eigenvalue weighted by Crippen LogP contribution is -2.49. The summed E-state index contributed by atoms with van der Waals surface area (Å²) >= 11 is 7.58. The van der Waals surface area contributed by atoms with Crippen LogP contribution in [0.15, 0.2) is 12.1 Å². The lowest BCUT2D eigenvalue weighted by molar-refractivity contribution is -0.133. The molecule has 21 heavy (non-hydrogen) atoms. The van der Waals surface area contributed by atoms with E-state index in [-0.39, 0.29) is 11.9 Å². The number of rotatable bonds is 5. The molecule has 1 unspecified atom stereocenters. The molecule has 1 aliphatic rings. The first-order valence-electron chi connectivity index (χ1n) is 7.45. The highest BCUT2D eigenvalue weighted by Crippen LogP contribution is 2.23. The summed E-state index contributed by atoms with van der Waals surface area (Å²) in [7, 11) is 0. The molecule has 1 aliphatic heterocycles. The van der Waals surface area contributed by atoms with Crippen LogP contribution in [0.2, 0.25) is 4.34 Å². The Kier molecular flexibility index (Phi) is 6.05. The first kappa shape index (κ1) is 16.7. The Labute approximate surface area is 135 Å². The van der Waals surface area contributed by atoms with Gasteiger partial charge in [-0.15, -0.1) is 11.3 Å². The molecule has 0 saturated carbocycles. The van der Waals surface area contributed by atoms with Gasteiger partial charge in [0, 0.05) is 50.1 Å². The van der Waals surface area contributed by atoms with Crippen molar-refractivity contribution in [1.29, 1.82) is 0 Å². The van der Waals surface area contributed by atoms with E-state index >= 15 is 0 Å². The van der Waals surface area contributed by atoms with Gasteiger partial charge in [-0.05, 0) is 18.1 Å². The molecule has 2 N–H and O–H groups in total. The summed E-state index contributed by atoms with van der Waals surface area (Å²) in [4.78, 5) is 17.8. The van der Waals surface area contributed by atoms with Gasteiger partial charge in [-0.1, -0.05) is 25.4 Å². The zero-order valence-corrected chi connectivity index (χ0v) is 14.3. The van der Waals surface area contributed by atoms with E-state index in [0.717, 1.165) is 37.1 Å². The molecule has 0 spiro atoms. The minimum absolute atomic E-state index is 0.0382. The monoisotopic (exact) mass is 329 g/mol. The zero-order valence-electron chi connectivity index (χ0n) is 12.7. The predicted octanol–water partition coefficient (Wildman–Crippen LogP) is 2.42. The number of piperazine rings is 1. The first-order chi connectivity index (χ1) is 9.95. The molecule has 118 valence electrons. The number of carbonyl (C=O) groups is 1. The number of carbonyl (C=O) groups excluding carboxylic acids is 1. The summed E-state index contributed by atoms with van der Waals surface area (Å²) in [5, 5.41) is 0. The van der Waals surface area contributed by atoms with Crippen molar-refractivity contribution < 1.29 is 4.79 Å². The molecule has 2 rings (SSSR count). The van der Waals surface area contributed by atoms with Gasteiger partial charge in [0.15, 0.2) is 0 Å². The lowest BCUT2D eigenvalue weighted by atomic mass is 10.0. The quantitative estimate of drug-likeness (QED) is 0.902. The summed E-state index contributed by atoms with van der Waals surface area (Å²) in [5.74, 6) is 0.536. The second-order valence-corrected chi connectivity index (χ2v) is 7.77. The molecule has 1 saturated heterocycles. The largest absolute Gasteiger partial charge is 0.340 e. The normalized spacial score (nSPS) is 18.2. The predicted molar refractivity (Wildman–Crippen MR) is 88.6 cm³/mol. The van der Waals surface area contributed by atoms with Crippen molar-refractivity contribution >= 4 is 28.8 Å². The van der Waals surface area contributed by atoms with Crippen molar-refractivity contribution in [3.8, 4) is 0 Å². The van der Waals surface area contributed by atoms with Crippen molar-refractivity contribution in [3.63, 3.8) is 0 Å². The van der Waals surface area contributed by atoms with Crippen LogP contribution in [0.4, 0.5) is 0 Å². The van der Waals surface area contributed by atoms with Crippen LogP contribution in [0, 0.1) is 5.92 Å². The smallest absolute Gasteiger partial charge is 0.224 e. The van der Waals surface area contributed by atoms with Crippen molar-refractivity contribution in [1.82, 2.24) is 9.80 Å². The van der Waals surface area contributed by atoms with Gasteiger partial charge >= 0.3 is 0 Å². The van der Waals surface area contributed by atoms with Crippen molar-refractivity contribution in [2.45, 2.75) is 32.9 Å². The molecule has 0 aromatic carbocycles. The van der Waals surface area contributed by atoms with Crippen LogP contribution in [0.5, 0.6) is 0 Å². The first-order valence-corrected chi connectivity index (χ1v) is 8.65. The number of hydrogen-bond acceptors (Lipinski definition) is 4. The second-order valence-electron chi connectivity index (χ2n) is 5.97. The molecule has 2 heterocycles. The second kappa shape index (κ2) is 7.58. The molecule has 1 fully saturated rings. The molecule has 1 aromatic heterocycles. The van der Waals surface area contributed by atoms with Gasteiger partial charge in [0.2, 0.25) is 5.91 Å². The van der Waals surface area contributed by atoms with Crippen LogP contribution in [0.3, 0.4) is 0 Å². The van der Waals surface area contributed by atoms with Crippen LogP contribution in [0.1, 0.15) is 25.1 Å². The molecule has 4 nitrogen and oxygen atoms in total. The van der Waals surface area contributed by atoms with E-state index < -0.39 is 0 Å². The minimum Gasteiger partial charge on any atom is -0.340 e. The summed E-state index contributed by atoms with van der Waals surface area (Å²) in [6.45, 7) is 8.46. The molecule has 1 aromatic rings. The lowest BCUT2D eigenvalue weighted by Gasteiger charge is -2.35. The Balaban J connectivity index is 1.76. The van der Waals surface area contributed by atoms with E-state index in [1.54, 1.807) is 11.3 Å². The van der Waals surface area contributed by atoms with Crippen molar-refractivity contribution in [3.05, 3.63) is 21.3 Å². The topological polar surface area (TPSA) is 49.6 Å². The van der Waals surface area contributed by atoms with Gasteiger partial charge < -0.3 is 10.6 Å². The Bertz CT molecular complexity index is 469. The number of nitrogens with zero attached hydrogens (tertiary/aromatic N) is 2. The molecule has 0 radical (unpaired) electrons. The number of thiophene rings is 1. The fourth-order valence-electron chi connectivity index (χ4n) is 2.38. The Hall–Kier alpha value is -0.620. The van der Waals surface area contributed by atoms with Gasteiger partial charge in [-0.3, -0.25) is 9.69 Å². The van der Waals surface area contributed by atoms with Crippen LogP contribution < -0.4 is 5.73 Å². The van der Waals surface area contributed by atoms with Gasteiger partial charge in [0.05, 0.1) is 4.34 Å². The van der Waals surface area contributed by atoms with Crippen molar-refractivity contribution in [2.24, 2.45) is 11.7 Å². The number of halogens is 1. The Morgan fingerprint density at radius 2 is 2.00 bits per heavy atom. The van der Waals surface area contributed by atoms with Gasteiger partial charge in [-0.2, -0.15) is 0 Å². The zero-order chi connectivity index (χ0) is 15.4. The Morgan fingerprint density at radius 1 is 1.33 bits per heavy atom. The van der Waals surface area contributed by atoms with E-state index in [0.29, 0.717) is 12.3 Å². The standard InChI is InChI=1S/C15H24ClN3OS/c1-11(2)13(17)9-15(20)19-7-5-18(6-8-19)10-12-3-4-14(16)21-12/h3-4,11,13H,5-10,17H2,1-2H3. The van der Waals surface area contributed by atoms with E-state index in [9.17, 15) is 4.79 Å². The van der Waals surface area contributed by atoms with Gasteiger partial charge in [0.25, 0.3) is 0 Å². The van der Waals surface area contributed by atoms with E-state index in [1.165, 1.54) is 4.88 Å². The molecule has 6 heteroatoms. The van der Waals surface area contributed by atoms with E-state index in [1.807, 2.05) is 11.0 Å². The van der Waals surface area contributed by atoms with E-state index in [2.05, 4.69) is 24.8 Å². The van der Waals surface area contributed by atoms with Gasteiger partial charge in [-0.25, -0.2) is 0 Å². The van der Waals surface area contributed by atoms with Crippen LogP contribution in [0.25, 0.3) is 0 Å². The fraction of sp³-hybridized carbons (Fsp3) is 0.667. The number of nitrogens with two attached hydrogens (primary N) is 1. The summed E-state index contributed by atoms with van der Waals surface area (Å²) < 4.78 is 0.835. The average molecular weight is 330 g/mol. The molecular formula is C15H24ClN3OS. The molecular weight excluding hydrogens is 306 g/mol. The average Bonchev–Trinajstić information content (AvgIpc) is 2.84. The van der Waals surface area contributed by atoms with Crippen LogP contribution in [-0.2, 0) is 11.3 Å². The van der Waals surface area contributed by atoms with E-state index in [4.69, 9.17) is 17.3 Å². The maximum absolute atomic E-state index is 12.2. The molecule has 0 aliphatic carbocycles. The van der Waals surface area contributed by atoms with Crippen molar-refractivity contribution in [2.75, 3.05) is 26.2 Å². The number of amides is 1. The molecule has 1 amide bonds. The number of hydrogen-bond donors (Lipinski definition) is 1. The third kappa shape index (κ3) is 4.95. The van der Waals surface area contributed by atoms with Crippen LogP contribution in [-0.4, -0.2) is 47.9 Å². The summed E-state index contributed by atoms with van der Waals surface area (Å²) in [6.07, 6.45) is 0.457. The molecule has 1 atom stereocenters. The molecule has 0 bridgehead atoms. The third-order valence-electron chi connectivity index (χ3n) is 4.00. The highest BCUT2D eigenvalue weighted by molar-refractivity contribution is 7.16. The Morgan fingerprint density at radius 3 is 2.52 bits per heavy atom. The highest BCUT2D eigenvalue weighted by Gasteiger charge is 2.23. The summed E-state index contributed by atoms with van der Waals surface area (Å²) in [6, 6.07) is 3.98. The SMILES string of the molecule is CC(C)C(N)CC(=O)N1CCN(Cc2ccc(Cl)s2)CC1. The third-order valence-corrected chi connectivity index (χ3v) is 5.22.